The minimum atomic E-state index is -0.721. The van der Waals surface area contributed by atoms with Crippen LogP contribution < -0.4 is 0 Å². The van der Waals surface area contributed by atoms with Crippen LogP contribution in [0.2, 0.25) is 0 Å². The molecule has 0 aromatic heterocycles. The van der Waals surface area contributed by atoms with Gasteiger partial charge in [-0.3, -0.25) is 10.1 Å². The molecular formula is C13H18N2O6. The largest absolute Gasteiger partial charge is 0.395 e. The second-order valence-corrected chi connectivity index (χ2v) is 4.39. The minimum Gasteiger partial charge on any atom is -0.395 e. The Bertz CT molecular complexity index is 499. The van der Waals surface area contributed by atoms with Crippen LogP contribution in [0.3, 0.4) is 0 Å². The maximum Gasteiger partial charge on any atom is 0.373 e. The molecule has 8 nitrogen and oxygen atoms in total. The van der Waals surface area contributed by atoms with E-state index >= 15 is 0 Å². The normalized spacial score (nSPS) is 11.3. The van der Waals surface area contributed by atoms with Gasteiger partial charge in [0.25, 0.3) is 5.69 Å². The second kappa shape index (κ2) is 9.73. The van der Waals surface area contributed by atoms with Gasteiger partial charge in [0, 0.05) is 24.7 Å². The lowest BCUT2D eigenvalue weighted by Gasteiger charge is -2.19. The number of carbonyl (C=O) groups excluding carboxylic acids is 2. The first-order chi connectivity index (χ1) is 9.87. The second-order valence-electron chi connectivity index (χ2n) is 4.39. The summed E-state index contributed by atoms with van der Waals surface area (Å²) in [4.78, 5) is 28.3. The number of hydrogen-bond donors (Lipinski definition) is 2. The molecule has 1 unspecified atom stereocenters. The predicted molar refractivity (Wildman–Crippen MR) is 72.4 cm³/mol. The molecule has 0 aliphatic rings. The Morgan fingerprint density at radius 1 is 1.43 bits per heavy atom. The number of rotatable bonds is 6. The van der Waals surface area contributed by atoms with E-state index in [2.05, 4.69) is 0 Å². The van der Waals surface area contributed by atoms with Crippen molar-refractivity contribution < 1.29 is 24.7 Å². The van der Waals surface area contributed by atoms with Gasteiger partial charge >= 0.3 is 6.15 Å². The Labute approximate surface area is 121 Å². The SMILES string of the molecule is Cc1cc(C(O)CN(C)CCO)ccc1[N+](=O)[O-].O=C=O. The van der Waals surface area contributed by atoms with Gasteiger partial charge in [-0.25, -0.2) is 0 Å². The summed E-state index contributed by atoms with van der Waals surface area (Å²) in [7, 11) is 1.79. The Morgan fingerprint density at radius 2 is 2.00 bits per heavy atom. The van der Waals surface area contributed by atoms with E-state index in [-0.39, 0.29) is 18.4 Å². The number of aliphatic hydroxyl groups is 2. The molecule has 0 saturated heterocycles. The third-order valence-corrected chi connectivity index (χ3v) is 2.77. The van der Waals surface area contributed by atoms with Crippen LogP contribution in [0.15, 0.2) is 18.2 Å². The Morgan fingerprint density at radius 3 is 2.43 bits per heavy atom. The van der Waals surface area contributed by atoms with Crippen molar-refractivity contribution in [3.63, 3.8) is 0 Å². The number of likely N-dealkylation sites (N-methyl/N-ethyl adjacent to an activating group) is 1. The van der Waals surface area contributed by atoms with Crippen molar-refractivity contribution in [2.45, 2.75) is 13.0 Å². The van der Waals surface area contributed by atoms with Crippen molar-refractivity contribution in [2.24, 2.45) is 0 Å². The van der Waals surface area contributed by atoms with Crippen molar-refractivity contribution in [1.82, 2.24) is 4.90 Å². The molecule has 21 heavy (non-hydrogen) atoms. The molecule has 0 amide bonds. The van der Waals surface area contributed by atoms with E-state index in [1.807, 2.05) is 0 Å². The average molecular weight is 298 g/mol. The van der Waals surface area contributed by atoms with Crippen LogP contribution in [0.4, 0.5) is 5.69 Å². The van der Waals surface area contributed by atoms with Crippen molar-refractivity contribution in [3.8, 4) is 0 Å². The van der Waals surface area contributed by atoms with Gasteiger partial charge in [-0.2, -0.15) is 9.59 Å². The molecule has 0 heterocycles. The Balaban J connectivity index is 0.00000122. The van der Waals surface area contributed by atoms with Gasteiger partial charge in [-0.1, -0.05) is 0 Å². The highest BCUT2D eigenvalue weighted by molar-refractivity contribution is 5.42. The number of aryl methyl sites for hydroxylation is 1. The summed E-state index contributed by atoms with van der Waals surface area (Å²) >= 11 is 0. The smallest absolute Gasteiger partial charge is 0.373 e. The van der Waals surface area contributed by atoms with E-state index in [0.29, 0.717) is 24.2 Å². The number of nitro benzene ring substituents is 1. The van der Waals surface area contributed by atoms with Gasteiger partial charge in [-0.05, 0) is 31.7 Å². The summed E-state index contributed by atoms with van der Waals surface area (Å²) in [6.07, 6.45) is -0.471. The van der Waals surface area contributed by atoms with Crippen LogP contribution in [0.1, 0.15) is 17.2 Å². The Hall–Kier alpha value is -2.12. The molecule has 1 atom stereocenters. The zero-order chi connectivity index (χ0) is 16.4. The summed E-state index contributed by atoms with van der Waals surface area (Å²) in [6, 6.07) is 4.58. The van der Waals surface area contributed by atoms with Gasteiger partial charge in [0.05, 0.1) is 17.6 Å². The van der Waals surface area contributed by atoms with Crippen LogP contribution in [0.5, 0.6) is 0 Å². The van der Waals surface area contributed by atoms with Crippen molar-refractivity contribution in [2.75, 3.05) is 26.7 Å². The van der Waals surface area contributed by atoms with Gasteiger partial charge in [-0.15, -0.1) is 0 Å². The molecule has 0 aliphatic carbocycles. The molecule has 1 rings (SSSR count). The molecule has 1 aromatic carbocycles. The molecule has 0 fully saturated rings. The highest BCUT2D eigenvalue weighted by atomic mass is 16.6. The van der Waals surface area contributed by atoms with Gasteiger partial charge in [0.15, 0.2) is 0 Å². The van der Waals surface area contributed by atoms with Gasteiger partial charge < -0.3 is 15.1 Å². The predicted octanol–water partition coefficient (Wildman–Crippen LogP) is 0.277. The van der Waals surface area contributed by atoms with E-state index in [4.69, 9.17) is 14.7 Å². The summed E-state index contributed by atoms with van der Waals surface area (Å²) in [5, 5.41) is 29.4. The molecule has 0 saturated carbocycles. The van der Waals surface area contributed by atoms with Crippen LogP contribution in [-0.4, -0.2) is 52.9 Å². The maximum atomic E-state index is 10.7. The topological polar surface area (TPSA) is 121 Å². The minimum absolute atomic E-state index is 0.0303. The summed E-state index contributed by atoms with van der Waals surface area (Å²) in [5.41, 5.74) is 1.22. The van der Waals surface area contributed by atoms with Crippen molar-refractivity contribution in [1.29, 1.82) is 0 Å². The molecule has 0 bridgehead atoms. The number of hydrogen-bond acceptors (Lipinski definition) is 7. The van der Waals surface area contributed by atoms with Crippen molar-refractivity contribution >= 4 is 11.8 Å². The molecule has 8 heteroatoms. The lowest BCUT2D eigenvalue weighted by Crippen LogP contribution is -2.27. The molecule has 2 N–H and O–H groups in total. The average Bonchev–Trinajstić information content (AvgIpc) is 2.39. The maximum absolute atomic E-state index is 10.7. The summed E-state index contributed by atoms with van der Waals surface area (Å²) < 4.78 is 0. The van der Waals surface area contributed by atoms with Gasteiger partial charge in [0.2, 0.25) is 0 Å². The Kier molecular flexibility index (Phi) is 8.75. The standard InChI is InChI=1S/C12H18N2O4.CO2/c1-9-7-10(3-4-11(9)14(17)18)12(16)8-13(2)5-6-15;2-1-3/h3-4,7,12,15-16H,5-6,8H2,1-2H3;. The third kappa shape index (κ3) is 6.73. The summed E-state index contributed by atoms with van der Waals surface area (Å²) in [5.74, 6) is 0. The number of nitro groups is 1. The molecule has 0 radical (unpaired) electrons. The monoisotopic (exact) mass is 298 g/mol. The van der Waals surface area contributed by atoms with E-state index in [9.17, 15) is 15.2 Å². The van der Waals surface area contributed by atoms with Crippen LogP contribution >= 0.6 is 0 Å². The molecular weight excluding hydrogens is 280 g/mol. The first-order valence-corrected chi connectivity index (χ1v) is 6.09. The number of benzene rings is 1. The molecule has 0 aliphatic heterocycles. The zero-order valence-corrected chi connectivity index (χ0v) is 11.9. The fraction of sp³-hybridized carbons (Fsp3) is 0.462. The lowest BCUT2D eigenvalue weighted by molar-refractivity contribution is -0.385. The van der Waals surface area contributed by atoms with E-state index < -0.39 is 11.0 Å². The van der Waals surface area contributed by atoms with Gasteiger partial charge in [0.1, 0.15) is 0 Å². The molecule has 0 spiro atoms. The quantitative estimate of drug-likeness (QED) is 0.571. The third-order valence-electron chi connectivity index (χ3n) is 2.77. The van der Waals surface area contributed by atoms with E-state index in [0.717, 1.165) is 0 Å². The fourth-order valence-electron chi connectivity index (χ4n) is 1.75. The fourth-order valence-corrected chi connectivity index (χ4v) is 1.75. The van der Waals surface area contributed by atoms with E-state index in [1.54, 1.807) is 31.0 Å². The van der Waals surface area contributed by atoms with Crippen LogP contribution in [-0.2, 0) is 9.59 Å². The molecule has 116 valence electrons. The summed E-state index contributed by atoms with van der Waals surface area (Å²) in [6.45, 7) is 2.52. The first kappa shape index (κ1) is 18.9. The number of nitrogens with zero attached hydrogens (tertiary/aromatic N) is 2. The first-order valence-electron chi connectivity index (χ1n) is 6.09. The van der Waals surface area contributed by atoms with E-state index in [1.165, 1.54) is 6.07 Å². The van der Waals surface area contributed by atoms with Crippen LogP contribution in [0.25, 0.3) is 0 Å². The molecule has 1 aromatic rings. The number of aliphatic hydroxyl groups excluding tert-OH is 2. The lowest BCUT2D eigenvalue weighted by atomic mass is 10.0. The van der Waals surface area contributed by atoms with Crippen LogP contribution in [0, 0.1) is 17.0 Å². The highest BCUT2D eigenvalue weighted by Gasteiger charge is 2.15. The highest BCUT2D eigenvalue weighted by Crippen LogP contribution is 2.22. The van der Waals surface area contributed by atoms with Crippen molar-refractivity contribution in [3.05, 3.63) is 39.4 Å². The zero-order valence-electron chi connectivity index (χ0n) is 11.9.